The number of aromatic nitrogens is 1. The van der Waals surface area contributed by atoms with Gasteiger partial charge in [-0.05, 0) is 41.3 Å². The van der Waals surface area contributed by atoms with Gasteiger partial charge in [0, 0.05) is 31.0 Å². The number of hydrogen-bond acceptors (Lipinski definition) is 4. The Kier molecular flexibility index (Phi) is 5.02. The van der Waals surface area contributed by atoms with Crippen LogP contribution >= 0.6 is 11.3 Å². The molecule has 0 unspecified atom stereocenters. The Hall–Kier alpha value is -1.55. The maximum Gasteiger partial charge on any atom is 0.127 e. The molecule has 0 aliphatic heterocycles. The Bertz CT molecular complexity index is 454. The summed E-state index contributed by atoms with van der Waals surface area (Å²) in [5.74, 6) is 0.942. The van der Waals surface area contributed by atoms with Gasteiger partial charge in [-0.25, -0.2) is 4.98 Å². The molecule has 2 aromatic rings. The minimum atomic E-state index is 0.942. The third-order valence-electron chi connectivity index (χ3n) is 2.64. The van der Waals surface area contributed by atoms with Gasteiger partial charge in [-0.2, -0.15) is 11.3 Å². The van der Waals surface area contributed by atoms with E-state index >= 15 is 0 Å². The lowest BCUT2D eigenvalue weighted by Gasteiger charge is -2.08. The largest absolute Gasteiger partial charge is 0.385 e. The molecule has 2 heterocycles. The number of rotatable bonds is 7. The van der Waals surface area contributed by atoms with Crippen LogP contribution in [0.5, 0.6) is 0 Å². The van der Waals surface area contributed by atoms with E-state index in [0.717, 1.165) is 37.4 Å². The van der Waals surface area contributed by atoms with Crippen LogP contribution in [0.2, 0.25) is 0 Å². The van der Waals surface area contributed by atoms with Crippen LogP contribution in [0, 0.1) is 0 Å². The first kappa shape index (κ1) is 12.9. The Morgan fingerprint density at radius 3 is 2.94 bits per heavy atom. The predicted molar refractivity (Wildman–Crippen MR) is 79.5 cm³/mol. The molecule has 0 atom stereocenters. The summed E-state index contributed by atoms with van der Waals surface area (Å²) in [7, 11) is 0. The lowest BCUT2D eigenvalue weighted by atomic mass is 10.2. The summed E-state index contributed by atoms with van der Waals surface area (Å²) in [4.78, 5) is 4.29. The van der Waals surface area contributed by atoms with Gasteiger partial charge in [-0.1, -0.05) is 6.92 Å². The van der Waals surface area contributed by atoms with Crippen molar-refractivity contribution in [2.75, 3.05) is 23.7 Å². The average Bonchev–Trinajstić information content (AvgIpc) is 2.90. The maximum absolute atomic E-state index is 4.29. The van der Waals surface area contributed by atoms with Gasteiger partial charge in [0.2, 0.25) is 0 Å². The standard InChI is InChI=1S/C14H19N3S/c1-2-6-16-14-10-13(4-8-17-14)15-7-3-12-5-9-18-11-12/h4-5,8-11H,2-3,6-7H2,1H3,(H2,15,16,17). The molecule has 0 radical (unpaired) electrons. The van der Waals surface area contributed by atoms with Gasteiger partial charge in [0.05, 0.1) is 0 Å². The first-order valence-corrected chi connectivity index (χ1v) is 7.27. The molecule has 0 saturated heterocycles. The zero-order valence-electron chi connectivity index (χ0n) is 10.6. The molecule has 4 heteroatoms. The molecule has 2 rings (SSSR count). The molecular formula is C14H19N3S. The van der Waals surface area contributed by atoms with E-state index < -0.39 is 0 Å². The van der Waals surface area contributed by atoms with Crippen LogP contribution in [0.4, 0.5) is 11.5 Å². The quantitative estimate of drug-likeness (QED) is 0.799. The van der Waals surface area contributed by atoms with E-state index in [1.165, 1.54) is 5.56 Å². The number of anilines is 2. The smallest absolute Gasteiger partial charge is 0.127 e. The molecule has 0 amide bonds. The Morgan fingerprint density at radius 1 is 1.22 bits per heavy atom. The van der Waals surface area contributed by atoms with Gasteiger partial charge in [0.25, 0.3) is 0 Å². The summed E-state index contributed by atoms with van der Waals surface area (Å²) in [6, 6.07) is 6.24. The lowest BCUT2D eigenvalue weighted by Crippen LogP contribution is -2.06. The molecule has 0 aliphatic rings. The maximum atomic E-state index is 4.29. The van der Waals surface area contributed by atoms with Crippen molar-refractivity contribution < 1.29 is 0 Å². The van der Waals surface area contributed by atoms with Crippen LogP contribution in [0.3, 0.4) is 0 Å². The molecule has 2 aromatic heterocycles. The molecule has 0 aliphatic carbocycles. The SMILES string of the molecule is CCCNc1cc(NCCc2ccsc2)ccn1. The van der Waals surface area contributed by atoms with Gasteiger partial charge in [-0.15, -0.1) is 0 Å². The topological polar surface area (TPSA) is 37.0 Å². The van der Waals surface area contributed by atoms with Crippen LogP contribution in [-0.4, -0.2) is 18.1 Å². The molecule has 0 aromatic carbocycles. The van der Waals surface area contributed by atoms with Crippen molar-refractivity contribution in [1.82, 2.24) is 4.98 Å². The summed E-state index contributed by atoms with van der Waals surface area (Å²) < 4.78 is 0. The van der Waals surface area contributed by atoms with E-state index in [0.29, 0.717) is 0 Å². The molecule has 0 bridgehead atoms. The zero-order chi connectivity index (χ0) is 12.6. The second-order valence-electron chi connectivity index (χ2n) is 4.16. The number of nitrogens with one attached hydrogen (secondary N) is 2. The van der Waals surface area contributed by atoms with Crippen molar-refractivity contribution in [3.63, 3.8) is 0 Å². The average molecular weight is 261 g/mol. The molecule has 0 fully saturated rings. The lowest BCUT2D eigenvalue weighted by molar-refractivity contribution is 0.968. The molecule has 96 valence electrons. The fraction of sp³-hybridized carbons (Fsp3) is 0.357. The Balaban J connectivity index is 1.81. The molecule has 18 heavy (non-hydrogen) atoms. The minimum Gasteiger partial charge on any atom is -0.385 e. The minimum absolute atomic E-state index is 0.942. The van der Waals surface area contributed by atoms with E-state index in [-0.39, 0.29) is 0 Å². The highest BCUT2D eigenvalue weighted by Crippen LogP contribution is 2.12. The zero-order valence-corrected chi connectivity index (χ0v) is 11.5. The highest BCUT2D eigenvalue weighted by molar-refractivity contribution is 7.07. The predicted octanol–water partition coefficient (Wildman–Crippen LogP) is 3.62. The molecule has 2 N–H and O–H groups in total. The third-order valence-corrected chi connectivity index (χ3v) is 3.37. The van der Waals surface area contributed by atoms with Crippen molar-refractivity contribution in [1.29, 1.82) is 0 Å². The van der Waals surface area contributed by atoms with E-state index in [4.69, 9.17) is 0 Å². The van der Waals surface area contributed by atoms with Crippen LogP contribution in [0.25, 0.3) is 0 Å². The molecule has 0 saturated carbocycles. The second kappa shape index (κ2) is 7.01. The van der Waals surface area contributed by atoms with Crippen LogP contribution in [0.15, 0.2) is 35.2 Å². The molecule has 3 nitrogen and oxygen atoms in total. The fourth-order valence-electron chi connectivity index (χ4n) is 1.68. The number of nitrogens with zero attached hydrogens (tertiary/aromatic N) is 1. The summed E-state index contributed by atoms with van der Waals surface area (Å²) in [6.07, 6.45) is 4.01. The van der Waals surface area contributed by atoms with Crippen molar-refractivity contribution in [3.8, 4) is 0 Å². The molecule has 0 spiro atoms. The van der Waals surface area contributed by atoms with Crippen molar-refractivity contribution in [2.24, 2.45) is 0 Å². The first-order chi connectivity index (χ1) is 8.88. The Morgan fingerprint density at radius 2 is 2.17 bits per heavy atom. The van der Waals surface area contributed by atoms with Gasteiger partial charge >= 0.3 is 0 Å². The first-order valence-electron chi connectivity index (χ1n) is 6.33. The van der Waals surface area contributed by atoms with Gasteiger partial charge < -0.3 is 10.6 Å². The summed E-state index contributed by atoms with van der Waals surface area (Å²) in [5, 5.41) is 11.0. The monoisotopic (exact) mass is 261 g/mol. The third kappa shape index (κ3) is 4.04. The number of hydrogen-bond donors (Lipinski definition) is 2. The van der Waals surface area contributed by atoms with Crippen molar-refractivity contribution in [2.45, 2.75) is 19.8 Å². The summed E-state index contributed by atoms with van der Waals surface area (Å²) in [6.45, 7) is 4.06. The van der Waals surface area contributed by atoms with Gasteiger partial charge in [0.15, 0.2) is 0 Å². The summed E-state index contributed by atoms with van der Waals surface area (Å²) >= 11 is 1.75. The highest BCUT2D eigenvalue weighted by atomic mass is 32.1. The van der Waals surface area contributed by atoms with E-state index in [1.54, 1.807) is 11.3 Å². The van der Waals surface area contributed by atoms with E-state index in [1.807, 2.05) is 12.3 Å². The number of pyridine rings is 1. The van der Waals surface area contributed by atoms with Crippen LogP contribution in [-0.2, 0) is 6.42 Å². The van der Waals surface area contributed by atoms with Crippen molar-refractivity contribution in [3.05, 3.63) is 40.7 Å². The van der Waals surface area contributed by atoms with Crippen molar-refractivity contribution >= 4 is 22.8 Å². The number of thiophene rings is 1. The Labute approximate surface area is 112 Å². The fourth-order valence-corrected chi connectivity index (χ4v) is 2.38. The van der Waals surface area contributed by atoms with Gasteiger partial charge in [-0.3, -0.25) is 0 Å². The molecular weight excluding hydrogens is 242 g/mol. The summed E-state index contributed by atoms with van der Waals surface area (Å²) in [5.41, 5.74) is 2.52. The van der Waals surface area contributed by atoms with Crippen LogP contribution < -0.4 is 10.6 Å². The second-order valence-corrected chi connectivity index (χ2v) is 4.94. The highest BCUT2D eigenvalue weighted by Gasteiger charge is 1.97. The van der Waals surface area contributed by atoms with E-state index in [2.05, 4.69) is 45.4 Å². The van der Waals surface area contributed by atoms with Crippen LogP contribution in [0.1, 0.15) is 18.9 Å². The van der Waals surface area contributed by atoms with Gasteiger partial charge in [0.1, 0.15) is 5.82 Å². The normalized spacial score (nSPS) is 10.3. The van der Waals surface area contributed by atoms with E-state index in [9.17, 15) is 0 Å².